The first-order valence-electron chi connectivity index (χ1n) is 6.43. The molecular weight excluding hydrogens is 244 g/mol. The zero-order chi connectivity index (χ0) is 14.5. The maximum Gasteiger partial charge on any atom is 0.194 e. The van der Waals surface area contributed by atoms with Crippen molar-refractivity contribution >= 4 is 5.78 Å². The summed E-state index contributed by atoms with van der Waals surface area (Å²) >= 11 is 0. The van der Waals surface area contributed by atoms with Crippen LogP contribution in [0.25, 0.3) is 0 Å². The van der Waals surface area contributed by atoms with E-state index < -0.39 is 5.60 Å². The molecule has 0 amide bonds. The Morgan fingerprint density at radius 2 is 1.79 bits per heavy atom. The number of hydrogen-bond donors (Lipinski definition) is 0. The van der Waals surface area contributed by atoms with Crippen LogP contribution in [0, 0.1) is 0 Å². The molecule has 0 saturated carbocycles. The van der Waals surface area contributed by atoms with Crippen LogP contribution in [0.1, 0.15) is 37.6 Å². The van der Waals surface area contributed by atoms with E-state index in [9.17, 15) is 4.79 Å². The lowest BCUT2D eigenvalue weighted by molar-refractivity contribution is -0.0116. The average molecular weight is 266 g/mol. The molecule has 0 aromatic heterocycles. The summed E-state index contributed by atoms with van der Waals surface area (Å²) in [7, 11) is 3.11. The number of benzene rings is 1. The maximum absolute atomic E-state index is 12.5. The standard InChI is InChI=1S/C15H22O4/c1-6-15(3,19-7-2)14(16)11-8-9-12(17-4)13(10-11)18-5/h8-10H,6-7H2,1-5H3. The third-order valence-electron chi connectivity index (χ3n) is 3.26. The summed E-state index contributed by atoms with van der Waals surface area (Å²) in [6.45, 7) is 6.14. The third kappa shape index (κ3) is 3.26. The molecule has 1 unspecified atom stereocenters. The summed E-state index contributed by atoms with van der Waals surface area (Å²) in [5.41, 5.74) is -0.232. The van der Waals surface area contributed by atoms with E-state index in [4.69, 9.17) is 14.2 Å². The largest absolute Gasteiger partial charge is 0.493 e. The van der Waals surface area contributed by atoms with Crippen LogP contribution in [0.15, 0.2) is 18.2 Å². The van der Waals surface area contributed by atoms with Crippen LogP contribution in [-0.2, 0) is 4.74 Å². The molecule has 0 saturated heterocycles. The molecule has 1 rings (SSSR count). The van der Waals surface area contributed by atoms with Crippen molar-refractivity contribution in [2.24, 2.45) is 0 Å². The summed E-state index contributed by atoms with van der Waals surface area (Å²) < 4.78 is 16.0. The van der Waals surface area contributed by atoms with Gasteiger partial charge in [0, 0.05) is 12.2 Å². The number of methoxy groups -OCH3 is 2. The van der Waals surface area contributed by atoms with Crippen LogP contribution in [0.2, 0.25) is 0 Å². The number of carbonyl (C=O) groups excluding carboxylic acids is 1. The van der Waals surface area contributed by atoms with Crippen LogP contribution in [0.4, 0.5) is 0 Å². The Morgan fingerprint density at radius 3 is 2.26 bits per heavy atom. The van der Waals surface area contributed by atoms with Gasteiger partial charge in [-0.05, 0) is 38.5 Å². The van der Waals surface area contributed by atoms with Crippen molar-refractivity contribution in [3.63, 3.8) is 0 Å². The summed E-state index contributed by atoms with van der Waals surface area (Å²) in [6, 6.07) is 5.15. The first kappa shape index (κ1) is 15.5. The molecule has 4 heteroatoms. The molecule has 1 atom stereocenters. The Hall–Kier alpha value is -1.55. The molecule has 0 spiro atoms. The second-order valence-corrected chi connectivity index (χ2v) is 4.42. The molecule has 106 valence electrons. The van der Waals surface area contributed by atoms with E-state index in [1.54, 1.807) is 32.4 Å². The maximum atomic E-state index is 12.5. The minimum atomic E-state index is -0.797. The highest BCUT2D eigenvalue weighted by molar-refractivity contribution is 6.02. The van der Waals surface area contributed by atoms with Crippen molar-refractivity contribution in [1.82, 2.24) is 0 Å². The van der Waals surface area contributed by atoms with Crippen molar-refractivity contribution < 1.29 is 19.0 Å². The number of Topliss-reactive ketones (excluding diaryl/α,β-unsaturated/α-hetero) is 1. The molecule has 0 bridgehead atoms. The van der Waals surface area contributed by atoms with E-state index in [-0.39, 0.29) is 5.78 Å². The molecule has 0 aliphatic rings. The van der Waals surface area contributed by atoms with Gasteiger partial charge < -0.3 is 14.2 Å². The van der Waals surface area contributed by atoms with Gasteiger partial charge in [0.25, 0.3) is 0 Å². The van der Waals surface area contributed by atoms with E-state index in [1.807, 2.05) is 20.8 Å². The quantitative estimate of drug-likeness (QED) is 0.711. The summed E-state index contributed by atoms with van der Waals surface area (Å²) in [5, 5.41) is 0. The molecule has 0 aliphatic heterocycles. The van der Waals surface area contributed by atoms with Crippen LogP contribution in [0.3, 0.4) is 0 Å². The van der Waals surface area contributed by atoms with Gasteiger partial charge in [-0.15, -0.1) is 0 Å². The molecule has 4 nitrogen and oxygen atoms in total. The van der Waals surface area contributed by atoms with Gasteiger partial charge in [0.1, 0.15) is 5.60 Å². The molecule has 0 heterocycles. The van der Waals surface area contributed by atoms with Crippen molar-refractivity contribution in [2.75, 3.05) is 20.8 Å². The van der Waals surface area contributed by atoms with E-state index >= 15 is 0 Å². The zero-order valence-corrected chi connectivity index (χ0v) is 12.3. The summed E-state index contributed by atoms with van der Waals surface area (Å²) in [4.78, 5) is 12.5. The Kier molecular flexibility index (Phi) is 5.36. The number of rotatable bonds is 7. The minimum absolute atomic E-state index is 0.0437. The minimum Gasteiger partial charge on any atom is -0.493 e. The van der Waals surface area contributed by atoms with Crippen LogP contribution in [0.5, 0.6) is 11.5 Å². The Balaban J connectivity index is 3.12. The molecule has 0 aliphatic carbocycles. The molecule has 0 radical (unpaired) electrons. The van der Waals surface area contributed by atoms with Crippen LogP contribution < -0.4 is 9.47 Å². The fourth-order valence-corrected chi connectivity index (χ4v) is 1.93. The Labute approximate surface area is 114 Å². The zero-order valence-electron chi connectivity index (χ0n) is 12.3. The average Bonchev–Trinajstić information content (AvgIpc) is 2.45. The molecule has 0 fully saturated rings. The Morgan fingerprint density at radius 1 is 1.16 bits per heavy atom. The molecule has 1 aromatic rings. The third-order valence-corrected chi connectivity index (χ3v) is 3.26. The van der Waals surface area contributed by atoms with Crippen LogP contribution in [-0.4, -0.2) is 32.2 Å². The van der Waals surface area contributed by atoms with Crippen molar-refractivity contribution in [3.05, 3.63) is 23.8 Å². The first-order valence-corrected chi connectivity index (χ1v) is 6.43. The Bertz CT molecular complexity index is 442. The lowest BCUT2D eigenvalue weighted by Crippen LogP contribution is -2.37. The number of hydrogen-bond acceptors (Lipinski definition) is 4. The van der Waals surface area contributed by atoms with Crippen molar-refractivity contribution in [2.45, 2.75) is 32.8 Å². The normalized spacial score (nSPS) is 13.7. The molecule has 1 aromatic carbocycles. The van der Waals surface area contributed by atoms with Gasteiger partial charge in [-0.3, -0.25) is 4.79 Å². The summed E-state index contributed by atoms with van der Waals surface area (Å²) in [6.07, 6.45) is 0.619. The van der Waals surface area contributed by atoms with Gasteiger partial charge in [0.2, 0.25) is 0 Å². The van der Waals surface area contributed by atoms with Gasteiger partial charge in [-0.2, -0.15) is 0 Å². The van der Waals surface area contributed by atoms with Crippen molar-refractivity contribution in [3.8, 4) is 11.5 Å². The fourth-order valence-electron chi connectivity index (χ4n) is 1.93. The van der Waals surface area contributed by atoms with Gasteiger partial charge >= 0.3 is 0 Å². The first-order chi connectivity index (χ1) is 9.02. The number of ketones is 1. The monoisotopic (exact) mass is 266 g/mol. The van der Waals surface area contributed by atoms with E-state index in [0.29, 0.717) is 30.1 Å². The number of carbonyl (C=O) groups is 1. The van der Waals surface area contributed by atoms with E-state index in [2.05, 4.69) is 0 Å². The van der Waals surface area contributed by atoms with Gasteiger partial charge in [0.15, 0.2) is 17.3 Å². The van der Waals surface area contributed by atoms with Gasteiger partial charge in [-0.25, -0.2) is 0 Å². The number of ether oxygens (including phenoxy) is 3. The lowest BCUT2D eigenvalue weighted by atomic mass is 9.92. The smallest absolute Gasteiger partial charge is 0.194 e. The highest BCUT2D eigenvalue weighted by atomic mass is 16.5. The molecular formula is C15H22O4. The molecule has 0 N–H and O–H groups in total. The van der Waals surface area contributed by atoms with E-state index in [0.717, 1.165) is 0 Å². The van der Waals surface area contributed by atoms with Crippen LogP contribution >= 0.6 is 0 Å². The molecule has 19 heavy (non-hydrogen) atoms. The van der Waals surface area contributed by atoms with Gasteiger partial charge in [0.05, 0.1) is 14.2 Å². The predicted octanol–water partition coefficient (Wildman–Crippen LogP) is 3.09. The summed E-state index contributed by atoms with van der Waals surface area (Å²) in [5.74, 6) is 1.11. The van der Waals surface area contributed by atoms with E-state index in [1.165, 1.54) is 0 Å². The SMILES string of the molecule is CCOC(C)(CC)C(=O)c1ccc(OC)c(OC)c1. The lowest BCUT2D eigenvalue weighted by Gasteiger charge is -2.26. The second kappa shape index (κ2) is 6.57. The topological polar surface area (TPSA) is 44.8 Å². The fraction of sp³-hybridized carbons (Fsp3) is 0.533. The van der Waals surface area contributed by atoms with Gasteiger partial charge in [-0.1, -0.05) is 6.92 Å². The van der Waals surface area contributed by atoms with Crippen molar-refractivity contribution in [1.29, 1.82) is 0 Å². The highest BCUT2D eigenvalue weighted by Gasteiger charge is 2.33. The second-order valence-electron chi connectivity index (χ2n) is 4.42. The highest BCUT2D eigenvalue weighted by Crippen LogP contribution is 2.30. The predicted molar refractivity (Wildman–Crippen MR) is 74.2 cm³/mol.